The summed E-state index contributed by atoms with van der Waals surface area (Å²) in [6.45, 7) is 0.332. The van der Waals surface area contributed by atoms with Gasteiger partial charge in [-0.05, 0) is 110 Å². The standard InChI is InChI=1S/C43H42F2N6O8.C30H34F2N4O4.C13H9FN2O4/c1-49-35-11-12-46-20-34(35)31-6-3-25(15-37(31)49)26-4-10-39(47-19-26)59-29-17-28(18-29)57-14-2-13-56-23-43(44,45)24-58-30-21-50(22-30)27-5-7-32-33(16-27)42(55)51(41(32)54)36-8-9-38(52)48-40(36)53;1-36-27-7-8-33-17-26(27)25-5-3-20(11-28(25)36)21-4-6-29(35-14-21)40-23-12-22(13-23)38-10-2-9-37-18-30(31,32)19-39-24-15-34-16-24;14-6-1-2-7-8(5-6)13(20)16(12(7)19)9-3-4-10(17)15-11(9)18/h3-7,10-12,15-16,19-20,28-30,36H,2,8-9,13-14,17-18,21-24H2,1H3,(H,48,52,53);3-8,11,14,17,22-24,34H,2,9-10,12-13,15-16,18-19H2,1H3;1-2,5,9H,3-4H2,(H,15,17,18). The van der Waals surface area contributed by atoms with Crippen molar-refractivity contribution in [1.29, 1.82) is 0 Å². The SMILES string of the molecule is Cn1c2ccncc2c2ccc(-c3ccc(OC4CC(OCCCOCC(F)(F)COC5CN(c6ccc7c(c6)C(=O)N(C6CCC(=O)NC6=O)C7=O)C5)C4)nc3)cc21.Cn1c2ccncc2c2ccc(-c3ccc(OC4CC(OCCCOCC(F)(F)COC5CNC5)C4)nc3)cc21.O=C1CCC(N2C(=O)c3ccc(F)cc3C2=O)C(=O)N1. The number of nitrogens with one attached hydrogen (secondary N) is 3. The highest BCUT2D eigenvalue weighted by molar-refractivity contribution is 6.25. The van der Waals surface area contributed by atoms with Gasteiger partial charge in [0.1, 0.15) is 56.5 Å². The molecule has 8 amide bonds. The number of ether oxygens (including phenoxy) is 8. The van der Waals surface area contributed by atoms with Crippen LogP contribution in [0.15, 0.2) is 146 Å². The van der Waals surface area contributed by atoms with Crippen molar-refractivity contribution in [2.75, 3.05) is 83.9 Å². The zero-order chi connectivity index (χ0) is 82.8. The van der Waals surface area contributed by atoms with Crippen LogP contribution in [0.25, 0.3) is 65.9 Å². The van der Waals surface area contributed by atoms with Crippen LogP contribution in [0.4, 0.5) is 27.6 Å². The van der Waals surface area contributed by atoms with Gasteiger partial charge in [-0.1, -0.05) is 24.3 Å². The number of imide groups is 4. The first-order valence-corrected chi connectivity index (χ1v) is 39.6. The molecule has 6 aliphatic heterocycles. The molecule has 119 heavy (non-hydrogen) atoms. The Morgan fingerprint density at radius 3 is 1.34 bits per heavy atom. The number of carbonyl (C=O) groups is 8. The summed E-state index contributed by atoms with van der Waals surface area (Å²) in [5, 5.41) is 11.9. The van der Waals surface area contributed by atoms with Crippen LogP contribution >= 0.6 is 0 Å². The molecule has 0 spiro atoms. The smallest absolute Gasteiger partial charge is 0.293 e. The number of rotatable bonds is 29. The van der Waals surface area contributed by atoms with Crippen molar-refractivity contribution in [3.8, 4) is 34.0 Å². The predicted molar refractivity (Wildman–Crippen MR) is 421 cm³/mol. The second-order valence-electron chi connectivity index (χ2n) is 30.8. The number of carbonyl (C=O) groups excluding carboxylic acids is 8. The van der Waals surface area contributed by atoms with Gasteiger partial charge in [0.15, 0.2) is 0 Å². The van der Waals surface area contributed by atoms with E-state index in [-0.39, 0.29) is 91.7 Å². The van der Waals surface area contributed by atoms with E-state index in [4.69, 9.17) is 37.9 Å². The third-order valence-electron chi connectivity index (χ3n) is 22.5. The fourth-order valence-electron chi connectivity index (χ4n) is 15.6. The second kappa shape index (κ2) is 34.8. The molecule has 0 radical (unpaired) electrons. The Morgan fingerprint density at radius 1 is 0.437 bits per heavy atom. The number of halogens is 5. The molecular weight excluding hydrogens is 1550 g/mol. The average Bonchev–Trinajstić information content (AvgIpc) is 1.67. The van der Waals surface area contributed by atoms with Gasteiger partial charge in [0.2, 0.25) is 35.4 Å². The summed E-state index contributed by atoms with van der Waals surface area (Å²) >= 11 is 0. The van der Waals surface area contributed by atoms with Crippen molar-refractivity contribution < 1.29 is 98.2 Å². The number of nitrogens with zero attached hydrogens (tertiary/aromatic N) is 9. The molecule has 10 aromatic rings. The van der Waals surface area contributed by atoms with Gasteiger partial charge < -0.3 is 57.2 Å². The number of pyridine rings is 4. The van der Waals surface area contributed by atoms with Gasteiger partial charge in [-0.2, -0.15) is 0 Å². The van der Waals surface area contributed by atoms with E-state index in [0.717, 1.165) is 108 Å². The molecule has 620 valence electrons. The summed E-state index contributed by atoms with van der Waals surface area (Å²) in [4.78, 5) is 118. The van der Waals surface area contributed by atoms with Crippen molar-refractivity contribution in [3.05, 3.63) is 174 Å². The summed E-state index contributed by atoms with van der Waals surface area (Å²) in [6, 6.07) is 30.6. The van der Waals surface area contributed by atoms with E-state index in [9.17, 15) is 60.3 Å². The van der Waals surface area contributed by atoms with Gasteiger partial charge in [-0.3, -0.25) is 68.8 Å². The number of hydrogen-bond acceptors (Lipinski definition) is 22. The van der Waals surface area contributed by atoms with Crippen LogP contribution in [0, 0.1) is 5.82 Å². The quantitative estimate of drug-likeness (QED) is 0.0223. The van der Waals surface area contributed by atoms with Crippen LogP contribution in [0.3, 0.4) is 0 Å². The van der Waals surface area contributed by atoms with Gasteiger partial charge in [-0.25, -0.2) is 31.9 Å². The Bertz CT molecular complexity index is 5540. The largest absolute Gasteiger partial charge is 0.474 e. The molecular formula is C86H85F5N12O16. The van der Waals surface area contributed by atoms with Crippen molar-refractivity contribution in [2.24, 2.45) is 14.1 Å². The van der Waals surface area contributed by atoms with Gasteiger partial charge in [-0.15, -0.1) is 0 Å². The molecule has 3 N–H and O–H groups in total. The molecule has 28 nitrogen and oxygen atoms in total. The zero-order valence-electron chi connectivity index (χ0n) is 65.0. The first kappa shape index (κ1) is 81.2. The summed E-state index contributed by atoms with van der Waals surface area (Å²) < 4.78 is 119. The van der Waals surface area contributed by atoms with Crippen LogP contribution < -0.4 is 30.3 Å². The normalized spacial score (nSPS) is 20.6. The fourth-order valence-corrected chi connectivity index (χ4v) is 15.6. The van der Waals surface area contributed by atoms with Gasteiger partial charge in [0, 0.05) is 204 Å². The van der Waals surface area contributed by atoms with E-state index in [0.29, 0.717) is 69.7 Å². The Balaban J connectivity index is 0.000000150. The number of anilines is 1. The Labute approximate surface area is 677 Å². The molecule has 6 aromatic heterocycles. The monoisotopic (exact) mass is 1640 g/mol. The van der Waals surface area contributed by atoms with Crippen LogP contribution in [0.2, 0.25) is 0 Å². The first-order valence-electron chi connectivity index (χ1n) is 39.6. The molecule has 6 fully saturated rings. The number of aromatic nitrogens is 6. The minimum atomic E-state index is -3.17. The fraction of sp³-hybridized carbons (Fsp3) is 0.395. The molecule has 0 bridgehead atoms. The molecule has 33 heteroatoms. The lowest BCUT2D eigenvalue weighted by atomic mass is 9.92. The van der Waals surface area contributed by atoms with Crippen LogP contribution in [0.5, 0.6) is 11.8 Å². The van der Waals surface area contributed by atoms with Crippen molar-refractivity contribution in [3.63, 3.8) is 0 Å². The second-order valence-corrected chi connectivity index (χ2v) is 30.8. The number of amides is 8. The third-order valence-corrected chi connectivity index (χ3v) is 22.5. The molecule has 18 rings (SSSR count). The number of piperidine rings is 2. The molecule has 12 heterocycles. The van der Waals surface area contributed by atoms with Crippen molar-refractivity contribution >= 4 is 96.6 Å². The zero-order valence-corrected chi connectivity index (χ0v) is 65.0. The highest BCUT2D eigenvalue weighted by Gasteiger charge is 2.47. The summed E-state index contributed by atoms with van der Waals surface area (Å²) in [5.41, 5.74) is 9.71. The summed E-state index contributed by atoms with van der Waals surface area (Å²) in [6.07, 6.45) is 15.0. The lowest BCUT2D eigenvalue weighted by molar-refractivity contribution is -0.144. The Kier molecular flexibility index (Phi) is 23.7. The van der Waals surface area contributed by atoms with E-state index in [2.05, 4.69) is 95.5 Å². The van der Waals surface area contributed by atoms with E-state index in [1.165, 1.54) is 17.5 Å². The van der Waals surface area contributed by atoms with Crippen LogP contribution in [0.1, 0.15) is 106 Å². The van der Waals surface area contributed by atoms with E-state index >= 15 is 0 Å². The van der Waals surface area contributed by atoms with Gasteiger partial charge in [0.05, 0.1) is 57.7 Å². The maximum atomic E-state index is 14.5. The number of alkyl halides is 4. The molecule has 2 unspecified atom stereocenters. The molecule has 4 aromatic carbocycles. The summed E-state index contributed by atoms with van der Waals surface area (Å²) in [7, 11) is 4.13. The Hall–Kier alpha value is -11.6. The average molecular weight is 1640 g/mol. The Morgan fingerprint density at radius 2 is 0.891 bits per heavy atom. The highest BCUT2D eigenvalue weighted by atomic mass is 19.3. The van der Waals surface area contributed by atoms with Gasteiger partial charge >= 0.3 is 0 Å². The molecule has 2 saturated carbocycles. The predicted octanol–water partition coefficient (Wildman–Crippen LogP) is 10.0. The lowest BCUT2D eigenvalue weighted by Crippen LogP contribution is -2.54. The highest BCUT2D eigenvalue weighted by Crippen LogP contribution is 2.38. The van der Waals surface area contributed by atoms with Crippen molar-refractivity contribution in [2.45, 2.75) is 125 Å². The number of benzene rings is 4. The summed E-state index contributed by atoms with van der Waals surface area (Å²) in [5.74, 6) is -10.4. The molecule has 8 aliphatic rings. The van der Waals surface area contributed by atoms with Crippen LogP contribution in [-0.4, -0.2) is 226 Å². The minimum Gasteiger partial charge on any atom is -0.474 e. The maximum Gasteiger partial charge on any atom is 0.293 e. The number of aryl methyl sites for hydroxylation is 2. The molecule has 2 atom stereocenters. The van der Waals surface area contributed by atoms with E-state index < -0.39 is 110 Å². The first-order chi connectivity index (χ1) is 57.4. The molecule has 4 saturated heterocycles. The number of hydrogen-bond donors (Lipinski definition) is 3. The van der Waals surface area contributed by atoms with Crippen LogP contribution in [-0.2, 0) is 61.7 Å². The third kappa shape index (κ3) is 17.9. The topological polar surface area (TPSA) is 318 Å². The molecule has 2 aliphatic carbocycles. The van der Waals surface area contributed by atoms with E-state index in [1.54, 1.807) is 18.3 Å². The minimum absolute atomic E-state index is 0.00195. The van der Waals surface area contributed by atoms with Gasteiger partial charge in [0.25, 0.3) is 35.5 Å². The lowest BCUT2D eigenvalue weighted by Gasteiger charge is -2.41. The number of fused-ring (bicyclic) bond motifs is 8. The van der Waals surface area contributed by atoms with E-state index in [1.807, 2.05) is 72.3 Å². The van der Waals surface area contributed by atoms with Crippen molar-refractivity contribution in [1.82, 2.24) is 54.8 Å². The maximum absolute atomic E-state index is 14.5.